The largest absolute Gasteiger partial charge is 0.497 e. The number of rotatable bonds is 11. The molecule has 0 fully saturated rings. The number of hydrogen-bond donors (Lipinski definition) is 0. The molecule has 0 aromatic heterocycles. The number of methoxy groups -OCH3 is 2. The summed E-state index contributed by atoms with van der Waals surface area (Å²) in [5.74, 6) is 1.67. The summed E-state index contributed by atoms with van der Waals surface area (Å²) in [5.41, 5.74) is 25.9. The SMILES string of the molecule is COc1ccc(N(c2ccc(-c3ccc(C4(C)CC(C)(C)c5ccc(-c6ccc(N(c7ccc(OC)cc7)c7ccc8c(c7)C(C)(C)c7ccccc7-8)cc6)cc54)cc3)cc2)c2ccc3c(c2)C(C)(C)c2ccccc2-3)cc1. The molecule has 4 nitrogen and oxygen atoms in total. The van der Waals surface area contributed by atoms with Crippen molar-refractivity contribution >= 4 is 34.1 Å². The summed E-state index contributed by atoms with van der Waals surface area (Å²) in [4.78, 5) is 4.73. The summed E-state index contributed by atoms with van der Waals surface area (Å²) in [6.07, 6.45) is 1.03. The molecule has 0 spiro atoms. The van der Waals surface area contributed by atoms with Crippen molar-refractivity contribution in [1.29, 1.82) is 0 Å². The van der Waals surface area contributed by atoms with Crippen molar-refractivity contribution in [3.05, 3.63) is 263 Å². The third kappa shape index (κ3) is 7.86. The lowest BCUT2D eigenvalue weighted by molar-refractivity contribution is 0.414. The Hall–Kier alpha value is -8.60. The molecule has 10 aromatic carbocycles. The number of ether oxygens (including phenoxy) is 2. The Balaban J connectivity index is 0.793. The zero-order chi connectivity index (χ0) is 53.7. The number of benzene rings is 10. The van der Waals surface area contributed by atoms with Crippen LogP contribution in [0.3, 0.4) is 0 Å². The standard InChI is InChI=1S/C74H66N2O2/c1-71(2)47-74(7,52-25-18-48(19-26-52)49-20-27-53(28-21-49)75(55-31-37-59(77-8)38-32-55)57-35-41-63-61-14-10-12-16-65(61)72(3,4)68(63)45-57)70-44-51(24-43-67(70)71)50-22-29-54(30-23-50)76(56-33-39-60(78-9)40-34-56)58-36-42-64-62-15-11-13-17-66(62)73(5,6)69(64)46-58/h10-46H,47H2,1-9H3. The normalized spacial score (nSPS) is 16.6. The van der Waals surface area contributed by atoms with Crippen LogP contribution in [0.25, 0.3) is 44.5 Å². The highest BCUT2D eigenvalue weighted by Crippen LogP contribution is 2.55. The lowest BCUT2D eigenvalue weighted by Gasteiger charge is -2.29. The van der Waals surface area contributed by atoms with Gasteiger partial charge in [0.2, 0.25) is 0 Å². The van der Waals surface area contributed by atoms with Crippen LogP contribution < -0.4 is 19.3 Å². The smallest absolute Gasteiger partial charge is 0.119 e. The number of fused-ring (bicyclic) bond motifs is 7. The first kappa shape index (κ1) is 49.0. The average molecular weight is 1020 g/mol. The average Bonchev–Trinajstić information content (AvgIpc) is 4.20. The molecular weight excluding hydrogens is 949 g/mol. The molecule has 78 heavy (non-hydrogen) atoms. The highest BCUT2D eigenvalue weighted by atomic mass is 16.5. The van der Waals surface area contributed by atoms with E-state index >= 15 is 0 Å². The zero-order valence-corrected chi connectivity index (χ0v) is 46.3. The maximum atomic E-state index is 5.60. The van der Waals surface area contributed by atoms with Crippen LogP contribution in [-0.2, 0) is 21.7 Å². The number of hydrogen-bond acceptors (Lipinski definition) is 4. The topological polar surface area (TPSA) is 24.9 Å². The van der Waals surface area contributed by atoms with E-state index in [0.29, 0.717) is 0 Å². The Morgan fingerprint density at radius 3 is 1.10 bits per heavy atom. The van der Waals surface area contributed by atoms with Gasteiger partial charge in [-0.1, -0.05) is 170 Å². The summed E-state index contributed by atoms with van der Waals surface area (Å²) < 4.78 is 11.2. The van der Waals surface area contributed by atoms with Crippen LogP contribution in [0.1, 0.15) is 93.8 Å². The maximum absolute atomic E-state index is 5.60. The van der Waals surface area contributed by atoms with E-state index in [9.17, 15) is 0 Å². The molecule has 0 amide bonds. The quantitative estimate of drug-likeness (QED) is 0.129. The monoisotopic (exact) mass is 1010 g/mol. The van der Waals surface area contributed by atoms with E-state index < -0.39 is 0 Å². The van der Waals surface area contributed by atoms with E-state index in [-0.39, 0.29) is 21.7 Å². The van der Waals surface area contributed by atoms with Crippen LogP contribution in [0.15, 0.2) is 224 Å². The van der Waals surface area contributed by atoms with Gasteiger partial charge in [0.25, 0.3) is 0 Å². The van der Waals surface area contributed by atoms with E-state index in [1.54, 1.807) is 14.2 Å². The Kier molecular flexibility index (Phi) is 11.5. The fourth-order valence-corrected chi connectivity index (χ4v) is 13.8. The number of anilines is 6. The molecular formula is C74H66N2O2. The lowest BCUT2D eigenvalue weighted by Crippen LogP contribution is -2.23. The molecule has 10 aromatic rings. The van der Waals surface area contributed by atoms with Gasteiger partial charge in [-0.05, 0) is 198 Å². The predicted molar refractivity (Wildman–Crippen MR) is 325 cm³/mol. The summed E-state index contributed by atoms with van der Waals surface area (Å²) in [5, 5.41) is 0. The van der Waals surface area contributed by atoms with Gasteiger partial charge >= 0.3 is 0 Å². The highest BCUT2D eigenvalue weighted by Gasteiger charge is 2.46. The van der Waals surface area contributed by atoms with E-state index in [0.717, 1.165) is 52.0 Å². The van der Waals surface area contributed by atoms with E-state index in [1.165, 1.54) is 83.5 Å². The van der Waals surface area contributed by atoms with Gasteiger partial charge in [0.05, 0.1) is 14.2 Å². The van der Waals surface area contributed by atoms with Crippen molar-refractivity contribution in [1.82, 2.24) is 0 Å². The van der Waals surface area contributed by atoms with Crippen molar-refractivity contribution in [3.8, 4) is 56.0 Å². The Morgan fingerprint density at radius 1 is 0.308 bits per heavy atom. The Labute approximate surface area is 461 Å². The van der Waals surface area contributed by atoms with Gasteiger partial charge in [0.1, 0.15) is 11.5 Å². The van der Waals surface area contributed by atoms with Crippen LogP contribution in [0.4, 0.5) is 34.1 Å². The second-order valence-electron chi connectivity index (χ2n) is 23.7. The minimum absolute atomic E-state index is 0.0138. The fourth-order valence-electron chi connectivity index (χ4n) is 13.8. The summed E-state index contributed by atoms with van der Waals surface area (Å²) in [6.45, 7) is 16.7. The van der Waals surface area contributed by atoms with Gasteiger partial charge in [-0.25, -0.2) is 0 Å². The molecule has 0 radical (unpaired) electrons. The molecule has 0 N–H and O–H groups in total. The van der Waals surface area contributed by atoms with Crippen LogP contribution in [-0.4, -0.2) is 14.2 Å². The zero-order valence-electron chi connectivity index (χ0n) is 46.3. The molecule has 1 atom stereocenters. The van der Waals surface area contributed by atoms with Gasteiger partial charge in [-0.3, -0.25) is 0 Å². The molecule has 0 saturated heterocycles. The van der Waals surface area contributed by atoms with Gasteiger partial charge < -0.3 is 19.3 Å². The lowest BCUT2D eigenvalue weighted by atomic mass is 9.74. The van der Waals surface area contributed by atoms with Crippen molar-refractivity contribution in [2.75, 3.05) is 24.0 Å². The summed E-state index contributed by atoms with van der Waals surface area (Å²) >= 11 is 0. The minimum atomic E-state index is -0.173. The van der Waals surface area contributed by atoms with Crippen molar-refractivity contribution < 1.29 is 9.47 Å². The van der Waals surface area contributed by atoms with Crippen LogP contribution in [0.2, 0.25) is 0 Å². The van der Waals surface area contributed by atoms with Crippen LogP contribution in [0.5, 0.6) is 11.5 Å². The van der Waals surface area contributed by atoms with Crippen LogP contribution in [0, 0.1) is 0 Å². The summed E-state index contributed by atoms with van der Waals surface area (Å²) in [7, 11) is 3.44. The molecule has 4 heteroatoms. The minimum Gasteiger partial charge on any atom is -0.497 e. The molecule has 3 aliphatic rings. The van der Waals surface area contributed by atoms with Crippen LogP contribution >= 0.6 is 0 Å². The second kappa shape index (κ2) is 18.3. The maximum Gasteiger partial charge on any atom is 0.119 e. The first-order valence-electron chi connectivity index (χ1n) is 27.5. The predicted octanol–water partition coefficient (Wildman–Crippen LogP) is 19.6. The van der Waals surface area contributed by atoms with Crippen molar-refractivity contribution in [3.63, 3.8) is 0 Å². The Morgan fingerprint density at radius 2 is 0.667 bits per heavy atom. The fraction of sp³-hybridized carbons (Fsp3) is 0.189. The molecule has 0 heterocycles. The molecule has 384 valence electrons. The van der Waals surface area contributed by atoms with E-state index in [4.69, 9.17) is 9.47 Å². The van der Waals surface area contributed by atoms with E-state index in [2.05, 4.69) is 258 Å². The molecule has 3 aliphatic carbocycles. The molecule has 0 aliphatic heterocycles. The van der Waals surface area contributed by atoms with Gasteiger partial charge in [-0.15, -0.1) is 0 Å². The van der Waals surface area contributed by atoms with Gasteiger partial charge in [-0.2, -0.15) is 0 Å². The van der Waals surface area contributed by atoms with Gasteiger partial charge in [0.15, 0.2) is 0 Å². The molecule has 13 rings (SSSR count). The first-order chi connectivity index (χ1) is 37.7. The number of nitrogens with zero attached hydrogens (tertiary/aromatic N) is 2. The van der Waals surface area contributed by atoms with Crippen molar-refractivity contribution in [2.24, 2.45) is 0 Å². The van der Waals surface area contributed by atoms with Gasteiger partial charge in [0, 0.05) is 50.4 Å². The molecule has 0 saturated carbocycles. The third-order valence-electron chi connectivity index (χ3n) is 17.9. The molecule has 0 bridgehead atoms. The summed E-state index contributed by atoms with van der Waals surface area (Å²) in [6, 6.07) is 83.2. The Bertz CT molecular complexity index is 3920. The second-order valence-corrected chi connectivity index (χ2v) is 23.7. The van der Waals surface area contributed by atoms with E-state index in [1.807, 2.05) is 24.3 Å². The van der Waals surface area contributed by atoms with Crippen molar-refractivity contribution in [2.45, 2.75) is 76.5 Å². The molecule has 1 unspecified atom stereocenters. The third-order valence-corrected chi connectivity index (χ3v) is 17.9. The first-order valence-corrected chi connectivity index (χ1v) is 27.5. The highest BCUT2D eigenvalue weighted by molar-refractivity contribution is 5.88.